The van der Waals surface area contributed by atoms with E-state index in [9.17, 15) is 4.39 Å². The van der Waals surface area contributed by atoms with Gasteiger partial charge in [0.1, 0.15) is 5.82 Å². The zero-order valence-corrected chi connectivity index (χ0v) is 8.50. The van der Waals surface area contributed by atoms with Crippen molar-refractivity contribution in [2.75, 3.05) is 6.61 Å². The largest absolute Gasteiger partial charge is 0.394 e. The number of aliphatic hydroxyl groups excluding tert-OH is 1. The van der Waals surface area contributed by atoms with Crippen molar-refractivity contribution in [3.8, 4) is 0 Å². The first-order valence-electron chi connectivity index (χ1n) is 4.76. The standard InChI is InChI=1S/C11H16FNO/c1-8(2)13-11(7-14)9-5-3-4-6-10(9)12/h3-6,8,11,13-14H,7H2,1-2H3/t11-/m1/s1. The van der Waals surface area contributed by atoms with Crippen LogP contribution in [-0.4, -0.2) is 17.8 Å². The van der Waals surface area contributed by atoms with Crippen LogP contribution in [0.15, 0.2) is 24.3 Å². The minimum Gasteiger partial charge on any atom is -0.394 e. The molecule has 1 atom stereocenters. The van der Waals surface area contributed by atoms with Crippen molar-refractivity contribution in [3.63, 3.8) is 0 Å². The van der Waals surface area contributed by atoms with Crippen molar-refractivity contribution in [1.82, 2.24) is 5.32 Å². The van der Waals surface area contributed by atoms with Crippen LogP contribution in [0.5, 0.6) is 0 Å². The minimum atomic E-state index is -0.323. The summed E-state index contributed by atoms with van der Waals surface area (Å²) in [6.45, 7) is 3.83. The fourth-order valence-corrected chi connectivity index (χ4v) is 1.40. The Morgan fingerprint density at radius 2 is 2.00 bits per heavy atom. The van der Waals surface area contributed by atoms with E-state index in [2.05, 4.69) is 5.32 Å². The molecule has 0 fully saturated rings. The Bertz CT molecular complexity index is 288. The maximum absolute atomic E-state index is 13.3. The lowest BCUT2D eigenvalue weighted by molar-refractivity contribution is 0.234. The molecule has 0 aromatic heterocycles. The Morgan fingerprint density at radius 1 is 1.36 bits per heavy atom. The first-order valence-corrected chi connectivity index (χ1v) is 4.76. The Kier molecular flexibility index (Phi) is 4.04. The van der Waals surface area contributed by atoms with Gasteiger partial charge in [0.05, 0.1) is 12.6 Å². The highest BCUT2D eigenvalue weighted by Crippen LogP contribution is 2.16. The van der Waals surface area contributed by atoms with E-state index < -0.39 is 0 Å². The molecule has 3 heteroatoms. The zero-order valence-electron chi connectivity index (χ0n) is 8.50. The Balaban J connectivity index is 2.83. The van der Waals surface area contributed by atoms with Crippen molar-refractivity contribution in [3.05, 3.63) is 35.6 Å². The molecule has 0 radical (unpaired) electrons. The highest BCUT2D eigenvalue weighted by Gasteiger charge is 2.14. The maximum Gasteiger partial charge on any atom is 0.128 e. The first kappa shape index (κ1) is 11.1. The van der Waals surface area contributed by atoms with Crippen molar-refractivity contribution >= 4 is 0 Å². The average Bonchev–Trinajstić information content (AvgIpc) is 2.15. The molecule has 1 aromatic rings. The summed E-state index contributed by atoms with van der Waals surface area (Å²) in [7, 11) is 0. The van der Waals surface area contributed by atoms with E-state index in [1.54, 1.807) is 18.2 Å². The molecule has 0 unspecified atom stereocenters. The number of hydrogen-bond acceptors (Lipinski definition) is 2. The third-order valence-corrected chi connectivity index (χ3v) is 2.00. The van der Waals surface area contributed by atoms with Crippen LogP contribution in [-0.2, 0) is 0 Å². The summed E-state index contributed by atoms with van der Waals surface area (Å²) in [5.41, 5.74) is 0.517. The van der Waals surface area contributed by atoms with E-state index in [0.717, 1.165) is 0 Å². The van der Waals surface area contributed by atoms with Crippen molar-refractivity contribution in [2.45, 2.75) is 25.9 Å². The topological polar surface area (TPSA) is 32.3 Å². The van der Waals surface area contributed by atoms with Crippen LogP contribution >= 0.6 is 0 Å². The third-order valence-electron chi connectivity index (χ3n) is 2.00. The van der Waals surface area contributed by atoms with Gasteiger partial charge >= 0.3 is 0 Å². The van der Waals surface area contributed by atoms with E-state index in [0.29, 0.717) is 5.56 Å². The Labute approximate surface area is 83.8 Å². The SMILES string of the molecule is CC(C)N[C@H](CO)c1ccccc1F. The predicted molar refractivity (Wildman–Crippen MR) is 54.5 cm³/mol. The molecule has 0 aliphatic carbocycles. The molecular formula is C11H16FNO. The quantitative estimate of drug-likeness (QED) is 0.772. The third kappa shape index (κ3) is 2.79. The minimum absolute atomic E-state index is 0.0981. The monoisotopic (exact) mass is 197 g/mol. The predicted octanol–water partition coefficient (Wildman–Crippen LogP) is 1.86. The summed E-state index contributed by atoms with van der Waals surface area (Å²) >= 11 is 0. The van der Waals surface area contributed by atoms with Crippen molar-refractivity contribution in [1.29, 1.82) is 0 Å². The van der Waals surface area contributed by atoms with Gasteiger partial charge in [0.2, 0.25) is 0 Å². The highest BCUT2D eigenvalue weighted by molar-refractivity contribution is 5.21. The van der Waals surface area contributed by atoms with Gasteiger partial charge in [0.25, 0.3) is 0 Å². The molecule has 2 N–H and O–H groups in total. The molecule has 2 nitrogen and oxygen atoms in total. The van der Waals surface area contributed by atoms with Crippen LogP contribution in [0.3, 0.4) is 0 Å². The van der Waals surface area contributed by atoms with Crippen LogP contribution in [0.2, 0.25) is 0 Å². The highest BCUT2D eigenvalue weighted by atomic mass is 19.1. The van der Waals surface area contributed by atoms with Gasteiger partial charge in [0.15, 0.2) is 0 Å². The lowest BCUT2D eigenvalue weighted by Crippen LogP contribution is -2.31. The second kappa shape index (κ2) is 5.08. The van der Waals surface area contributed by atoms with Gasteiger partial charge in [-0.2, -0.15) is 0 Å². The molecule has 78 valence electrons. The van der Waals surface area contributed by atoms with Gasteiger partial charge in [-0.25, -0.2) is 4.39 Å². The van der Waals surface area contributed by atoms with Crippen molar-refractivity contribution in [2.24, 2.45) is 0 Å². The van der Waals surface area contributed by atoms with E-state index in [4.69, 9.17) is 5.11 Å². The number of hydrogen-bond donors (Lipinski definition) is 2. The van der Waals surface area contributed by atoms with Gasteiger partial charge in [-0.3, -0.25) is 0 Å². The summed E-state index contributed by atoms with van der Waals surface area (Å²) in [5, 5.41) is 12.2. The maximum atomic E-state index is 13.3. The lowest BCUT2D eigenvalue weighted by atomic mass is 10.1. The number of nitrogens with one attached hydrogen (secondary N) is 1. The fourth-order valence-electron chi connectivity index (χ4n) is 1.40. The molecule has 0 saturated heterocycles. The molecule has 1 aromatic carbocycles. The molecule has 14 heavy (non-hydrogen) atoms. The number of halogens is 1. The van der Waals surface area contributed by atoms with Gasteiger partial charge in [-0.1, -0.05) is 32.0 Å². The lowest BCUT2D eigenvalue weighted by Gasteiger charge is -2.19. The number of aliphatic hydroxyl groups is 1. The van der Waals surface area contributed by atoms with E-state index in [1.807, 2.05) is 13.8 Å². The summed E-state index contributed by atoms with van der Waals surface area (Å²) in [5.74, 6) is -0.278. The van der Waals surface area contributed by atoms with Gasteiger partial charge in [0, 0.05) is 11.6 Å². The van der Waals surface area contributed by atoms with Crippen LogP contribution in [0.4, 0.5) is 4.39 Å². The number of rotatable bonds is 4. The van der Waals surface area contributed by atoms with Crippen LogP contribution in [0.25, 0.3) is 0 Å². The van der Waals surface area contributed by atoms with E-state index >= 15 is 0 Å². The van der Waals surface area contributed by atoms with Gasteiger partial charge < -0.3 is 10.4 Å². The zero-order chi connectivity index (χ0) is 10.6. The fraction of sp³-hybridized carbons (Fsp3) is 0.455. The van der Waals surface area contributed by atoms with E-state index in [-0.39, 0.29) is 24.5 Å². The Hall–Kier alpha value is -0.930. The molecule has 0 heterocycles. The molecule has 0 spiro atoms. The number of benzene rings is 1. The summed E-state index contributed by atoms with van der Waals surface area (Å²) in [4.78, 5) is 0. The molecule has 0 aliphatic heterocycles. The van der Waals surface area contributed by atoms with Gasteiger partial charge in [-0.05, 0) is 6.07 Å². The van der Waals surface area contributed by atoms with E-state index in [1.165, 1.54) is 6.07 Å². The van der Waals surface area contributed by atoms with Crippen LogP contribution in [0, 0.1) is 5.82 Å². The van der Waals surface area contributed by atoms with Crippen LogP contribution in [0.1, 0.15) is 25.5 Å². The summed E-state index contributed by atoms with van der Waals surface area (Å²) < 4.78 is 13.3. The average molecular weight is 197 g/mol. The normalized spacial score (nSPS) is 13.2. The second-order valence-electron chi connectivity index (χ2n) is 3.58. The molecule has 0 saturated carbocycles. The molecule has 0 aliphatic rings. The molecule has 1 rings (SSSR count). The molecule has 0 bridgehead atoms. The van der Waals surface area contributed by atoms with Gasteiger partial charge in [-0.15, -0.1) is 0 Å². The smallest absolute Gasteiger partial charge is 0.128 e. The molecular weight excluding hydrogens is 181 g/mol. The van der Waals surface area contributed by atoms with Crippen LogP contribution < -0.4 is 5.32 Å². The summed E-state index contributed by atoms with van der Waals surface area (Å²) in [6.07, 6.45) is 0. The second-order valence-corrected chi connectivity index (χ2v) is 3.58. The molecule has 0 amide bonds. The van der Waals surface area contributed by atoms with Crippen molar-refractivity contribution < 1.29 is 9.50 Å². The Morgan fingerprint density at radius 3 is 2.50 bits per heavy atom. The summed E-state index contributed by atoms with van der Waals surface area (Å²) in [6, 6.07) is 6.39. The first-order chi connectivity index (χ1) is 6.65.